The molecule has 0 aliphatic heterocycles. The molecular formula is C21H24N2O3. The molecule has 2 aromatic carbocycles. The summed E-state index contributed by atoms with van der Waals surface area (Å²) >= 11 is 0. The molecule has 0 aliphatic rings. The van der Waals surface area contributed by atoms with Crippen molar-refractivity contribution in [3.05, 3.63) is 71.8 Å². The smallest absolute Gasteiger partial charge is 0.246 e. The molecule has 1 atom stereocenters. The maximum atomic E-state index is 12.2. The number of hydrogen-bond acceptors (Lipinski definition) is 3. The number of benzene rings is 2. The van der Waals surface area contributed by atoms with E-state index in [2.05, 4.69) is 5.32 Å². The summed E-state index contributed by atoms with van der Waals surface area (Å²) in [7, 11) is 3.20. The average Bonchev–Trinajstić information content (AvgIpc) is 2.66. The van der Waals surface area contributed by atoms with Gasteiger partial charge in [-0.05, 0) is 36.3 Å². The van der Waals surface area contributed by atoms with E-state index in [1.165, 1.54) is 11.0 Å². The van der Waals surface area contributed by atoms with E-state index in [1.807, 2.05) is 61.5 Å². The number of methoxy groups -OCH3 is 1. The summed E-state index contributed by atoms with van der Waals surface area (Å²) in [6.07, 6.45) is 3.15. The van der Waals surface area contributed by atoms with Gasteiger partial charge < -0.3 is 15.0 Å². The van der Waals surface area contributed by atoms with Gasteiger partial charge >= 0.3 is 0 Å². The molecule has 136 valence electrons. The third-order valence-corrected chi connectivity index (χ3v) is 3.95. The summed E-state index contributed by atoms with van der Waals surface area (Å²) < 4.78 is 5.15. The fraction of sp³-hybridized carbons (Fsp3) is 0.238. The molecule has 0 spiro atoms. The fourth-order valence-corrected chi connectivity index (χ4v) is 2.45. The fourth-order valence-electron chi connectivity index (χ4n) is 2.45. The highest BCUT2D eigenvalue weighted by Gasteiger charge is 2.13. The molecule has 5 nitrogen and oxygen atoms in total. The van der Waals surface area contributed by atoms with Crippen molar-refractivity contribution >= 4 is 17.9 Å². The summed E-state index contributed by atoms with van der Waals surface area (Å²) in [6, 6.07) is 17.0. The second kappa shape index (κ2) is 9.42. The molecule has 5 heteroatoms. The van der Waals surface area contributed by atoms with Gasteiger partial charge in [-0.25, -0.2) is 0 Å². The van der Waals surface area contributed by atoms with Crippen molar-refractivity contribution in [1.29, 1.82) is 0 Å². The summed E-state index contributed by atoms with van der Waals surface area (Å²) in [5.74, 6) is 0.282. The van der Waals surface area contributed by atoms with Gasteiger partial charge in [-0.15, -0.1) is 0 Å². The maximum Gasteiger partial charge on any atom is 0.246 e. The molecule has 0 fully saturated rings. The monoisotopic (exact) mass is 352 g/mol. The van der Waals surface area contributed by atoms with Crippen LogP contribution < -0.4 is 10.1 Å². The van der Waals surface area contributed by atoms with Crippen LogP contribution in [0.4, 0.5) is 0 Å². The first-order chi connectivity index (χ1) is 12.5. The second-order valence-electron chi connectivity index (χ2n) is 6.00. The number of carbonyl (C=O) groups excluding carboxylic acids is 2. The first-order valence-electron chi connectivity index (χ1n) is 8.41. The number of amides is 2. The molecule has 2 amide bonds. The molecule has 1 unspecified atom stereocenters. The first kappa shape index (κ1) is 19.2. The number of hydrogen-bond donors (Lipinski definition) is 1. The highest BCUT2D eigenvalue weighted by molar-refractivity contribution is 5.94. The maximum absolute atomic E-state index is 12.2. The van der Waals surface area contributed by atoms with Crippen molar-refractivity contribution < 1.29 is 14.3 Å². The van der Waals surface area contributed by atoms with Gasteiger partial charge in [0.2, 0.25) is 11.8 Å². The minimum Gasteiger partial charge on any atom is -0.497 e. The van der Waals surface area contributed by atoms with E-state index in [0.717, 1.165) is 16.9 Å². The van der Waals surface area contributed by atoms with Crippen molar-refractivity contribution in [3.63, 3.8) is 0 Å². The van der Waals surface area contributed by atoms with Crippen LogP contribution in [0.25, 0.3) is 6.08 Å². The Morgan fingerprint density at radius 3 is 2.58 bits per heavy atom. The number of likely N-dealkylation sites (N-methyl/N-ethyl adjacent to an activating group) is 1. The van der Waals surface area contributed by atoms with Crippen LogP contribution >= 0.6 is 0 Å². The Hall–Kier alpha value is -3.08. The number of rotatable bonds is 7. The van der Waals surface area contributed by atoms with Crippen molar-refractivity contribution in [3.8, 4) is 5.75 Å². The van der Waals surface area contributed by atoms with Crippen molar-refractivity contribution in [2.24, 2.45) is 0 Å². The number of nitrogens with zero attached hydrogens (tertiary/aromatic N) is 1. The number of nitrogens with one attached hydrogen (secondary N) is 1. The molecule has 0 radical (unpaired) electrons. The normalized spacial score (nSPS) is 11.8. The Bertz CT molecular complexity index is 772. The lowest BCUT2D eigenvalue weighted by atomic mass is 10.1. The highest BCUT2D eigenvalue weighted by Crippen LogP contribution is 2.14. The molecule has 0 aromatic heterocycles. The van der Waals surface area contributed by atoms with Crippen molar-refractivity contribution in [2.45, 2.75) is 13.0 Å². The third kappa shape index (κ3) is 5.77. The Morgan fingerprint density at radius 1 is 1.15 bits per heavy atom. The largest absolute Gasteiger partial charge is 0.497 e. The van der Waals surface area contributed by atoms with Gasteiger partial charge in [0.05, 0.1) is 19.7 Å². The van der Waals surface area contributed by atoms with Crippen LogP contribution in [0.1, 0.15) is 24.1 Å². The van der Waals surface area contributed by atoms with E-state index >= 15 is 0 Å². The standard InChI is InChI=1S/C21H24N2O3/c1-16(18-9-5-4-6-10-18)22-20(24)15-23(2)21(25)13-12-17-8-7-11-19(14-17)26-3/h4-14,16H,15H2,1-3H3,(H,22,24)/b13-12+. The third-order valence-electron chi connectivity index (χ3n) is 3.95. The van der Waals surface area contributed by atoms with Gasteiger partial charge in [-0.3, -0.25) is 9.59 Å². The Kier molecular flexibility index (Phi) is 6.97. The Balaban J connectivity index is 1.87. The zero-order chi connectivity index (χ0) is 18.9. The van der Waals surface area contributed by atoms with E-state index in [4.69, 9.17) is 4.74 Å². The molecule has 2 aromatic rings. The number of ether oxygens (including phenoxy) is 1. The molecule has 0 bridgehead atoms. The zero-order valence-corrected chi connectivity index (χ0v) is 15.3. The van der Waals surface area contributed by atoms with E-state index in [1.54, 1.807) is 20.2 Å². The van der Waals surface area contributed by atoms with Gasteiger partial charge in [0.15, 0.2) is 0 Å². The molecule has 0 heterocycles. The van der Waals surface area contributed by atoms with E-state index in [-0.39, 0.29) is 24.4 Å². The molecule has 0 saturated carbocycles. The van der Waals surface area contributed by atoms with Crippen LogP contribution in [0.2, 0.25) is 0 Å². The zero-order valence-electron chi connectivity index (χ0n) is 15.3. The van der Waals surface area contributed by atoms with Crippen LogP contribution in [-0.2, 0) is 9.59 Å². The van der Waals surface area contributed by atoms with Crippen LogP contribution in [0, 0.1) is 0 Å². The average molecular weight is 352 g/mol. The van der Waals surface area contributed by atoms with Crippen molar-refractivity contribution in [2.75, 3.05) is 20.7 Å². The van der Waals surface area contributed by atoms with Gasteiger partial charge in [0.1, 0.15) is 5.75 Å². The lowest BCUT2D eigenvalue weighted by Crippen LogP contribution is -2.38. The summed E-state index contributed by atoms with van der Waals surface area (Å²) in [4.78, 5) is 25.7. The molecule has 0 aliphatic carbocycles. The van der Waals surface area contributed by atoms with Crippen LogP contribution in [0.3, 0.4) is 0 Å². The molecular weight excluding hydrogens is 328 g/mol. The predicted molar refractivity (Wildman–Crippen MR) is 103 cm³/mol. The molecule has 1 N–H and O–H groups in total. The predicted octanol–water partition coefficient (Wildman–Crippen LogP) is 3.04. The van der Waals surface area contributed by atoms with E-state index in [9.17, 15) is 9.59 Å². The van der Waals surface area contributed by atoms with Gasteiger partial charge in [-0.2, -0.15) is 0 Å². The van der Waals surface area contributed by atoms with Gasteiger partial charge in [0, 0.05) is 13.1 Å². The Morgan fingerprint density at radius 2 is 1.88 bits per heavy atom. The highest BCUT2D eigenvalue weighted by atomic mass is 16.5. The van der Waals surface area contributed by atoms with Crippen molar-refractivity contribution in [1.82, 2.24) is 10.2 Å². The summed E-state index contributed by atoms with van der Waals surface area (Å²) in [5.41, 5.74) is 1.88. The van der Waals surface area contributed by atoms with Gasteiger partial charge in [0.25, 0.3) is 0 Å². The molecule has 0 saturated heterocycles. The number of carbonyl (C=O) groups is 2. The molecule has 2 rings (SSSR count). The minimum absolute atomic E-state index is 0.00153. The van der Waals surface area contributed by atoms with Crippen LogP contribution in [0.15, 0.2) is 60.7 Å². The quantitative estimate of drug-likeness (QED) is 0.779. The lowest BCUT2D eigenvalue weighted by Gasteiger charge is -2.18. The molecule has 26 heavy (non-hydrogen) atoms. The lowest BCUT2D eigenvalue weighted by molar-refractivity contribution is -0.131. The van der Waals surface area contributed by atoms with Gasteiger partial charge in [-0.1, -0.05) is 42.5 Å². The Labute approximate surface area is 154 Å². The summed E-state index contributed by atoms with van der Waals surface area (Å²) in [5, 5.41) is 2.90. The minimum atomic E-state index is -0.240. The van der Waals surface area contributed by atoms with Crippen LogP contribution in [-0.4, -0.2) is 37.4 Å². The SMILES string of the molecule is COc1cccc(/C=C/C(=O)N(C)CC(=O)NC(C)c2ccccc2)c1. The van der Waals surface area contributed by atoms with Crippen LogP contribution in [0.5, 0.6) is 5.75 Å². The second-order valence-corrected chi connectivity index (χ2v) is 6.00. The topological polar surface area (TPSA) is 58.6 Å². The van der Waals surface area contributed by atoms with E-state index < -0.39 is 0 Å². The summed E-state index contributed by atoms with van der Waals surface area (Å²) in [6.45, 7) is 1.91. The first-order valence-corrected chi connectivity index (χ1v) is 8.41. The van der Waals surface area contributed by atoms with E-state index in [0.29, 0.717) is 0 Å².